The van der Waals surface area contributed by atoms with Crippen molar-refractivity contribution < 1.29 is 19.4 Å². The maximum Gasteiger partial charge on any atom is 0.335 e. The molecule has 9 nitrogen and oxygen atoms in total. The van der Waals surface area contributed by atoms with Gasteiger partial charge in [-0.05, 0) is 51.8 Å². The van der Waals surface area contributed by atoms with Crippen LogP contribution in [0.3, 0.4) is 0 Å². The molecule has 154 valence electrons. The minimum absolute atomic E-state index is 0.0311. The summed E-state index contributed by atoms with van der Waals surface area (Å²) in [5, 5.41) is 12.4. The SMILES string of the molecule is CC(C)(C)OC(=O)Cn1c(-c2cc(N)cc(C(=O)O)c2)cnc(NC2CC2)c1=O. The maximum absolute atomic E-state index is 13.0. The standard InChI is InChI=1S/C20H24N4O5/c1-20(2,3)29-16(25)10-24-15(9-22-17(18(24)26)23-14-4-5-14)11-6-12(19(27)28)8-13(21)7-11/h6-9,14H,4-5,10,21H2,1-3H3,(H,22,23)(H,27,28). The molecule has 1 aromatic heterocycles. The molecule has 0 spiro atoms. The molecule has 0 bridgehead atoms. The normalized spacial score (nSPS) is 13.8. The van der Waals surface area contributed by atoms with E-state index in [4.69, 9.17) is 10.5 Å². The number of nitrogens with zero attached hydrogens (tertiary/aromatic N) is 2. The van der Waals surface area contributed by atoms with Gasteiger partial charge in [-0.2, -0.15) is 0 Å². The number of carbonyl (C=O) groups excluding carboxylic acids is 1. The third-order valence-corrected chi connectivity index (χ3v) is 4.18. The highest BCUT2D eigenvalue weighted by Crippen LogP contribution is 2.25. The van der Waals surface area contributed by atoms with Gasteiger partial charge in [-0.1, -0.05) is 0 Å². The number of nitrogen functional groups attached to an aromatic ring is 1. The fourth-order valence-corrected chi connectivity index (χ4v) is 2.82. The van der Waals surface area contributed by atoms with E-state index in [2.05, 4.69) is 10.3 Å². The van der Waals surface area contributed by atoms with Crippen LogP contribution in [0.25, 0.3) is 11.3 Å². The lowest BCUT2D eigenvalue weighted by molar-refractivity contribution is -0.155. The van der Waals surface area contributed by atoms with Crippen molar-refractivity contribution in [2.75, 3.05) is 11.1 Å². The largest absolute Gasteiger partial charge is 0.478 e. The number of carboxylic acids is 1. The molecule has 1 aromatic carbocycles. The summed E-state index contributed by atoms with van der Waals surface area (Å²) in [6, 6.07) is 4.43. The molecule has 1 heterocycles. The minimum atomic E-state index is -1.15. The van der Waals surface area contributed by atoms with Crippen LogP contribution in [0.2, 0.25) is 0 Å². The fraction of sp³-hybridized carbons (Fsp3) is 0.400. The molecule has 29 heavy (non-hydrogen) atoms. The average molecular weight is 400 g/mol. The number of anilines is 2. The zero-order valence-electron chi connectivity index (χ0n) is 16.6. The molecule has 4 N–H and O–H groups in total. The summed E-state index contributed by atoms with van der Waals surface area (Å²) >= 11 is 0. The molecule has 0 amide bonds. The first-order valence-electron chi connectivity index (χ1n) is 9.26. The Hall–Kier alpha value is -3.36. The van der Waals surface area contributed by atoms with Crippen molar-refractivity contribution in [3.8, 4) is 11.3 Å². The number of benzene rings is 1. The zero-order chi connectivity index (χ0) is 21.3. The van der Waals surface area contributed by atoms with Gasteiger partial charge in [0.1, 0.15) is 12.1 Å². The molecule has 0 aliphatic heterocycles. The second-order valence-electron chi connectivity index (χ2n) is 8.04. The molecular weight excluding hydrogens is 376 g/mol. The molecule has 1 aliphatic carbocycles. The Bertz CT molecular complexity index is 1020. The third kappa shape index (κ3) is 5.13. The van der Waals surface area contributed by atoms with E-state index in [0.717, 1.165) is 12.8 Å². The number of ether oxygens (including phenoxy) is 1. The second kappa shape index (κ2) is 7.57. The van der Waals surface area contributed by atoms with Gasteiger partial charge in [0.15, 0.2) is 5.82 Å². The van der Waals surface area contributed by atoms with Gasteiger partial charge in [-0.15, -0.1) is 0 Å². The number of hydrogen-bond donors (Lipinski definition) is 3. The quantitative estimate of drug-likeness (QED) is 0.495. The molecule has 2 aromatic rings. The summed E-state index contributed by atoms with van der Waals surface area (Å²) in [5.41, 5.74) is 5.47. The smallest absolute Gasteiger partial charge is 0.335 e. The monoisotopic (exact) mass is 400 g/mol. The molecule has 1 fully saturated rings. The molecule has 1 saturated carbocycles. The Morgan fingerprint density at radius 3 is 2.59 bits per heavy atom. The van der Waals surface area contributed by atoms with Gasteiger partial charge in [0.25, 0.3) is 5.56 Å². The first-order valence-corrected chi connectivity index (χ1v) is 9.26. The number of rotatable bonds is 6. The van der Waals surface area contributed by atoms with Crippen molar-refractivity contribution in [1.29, 1.82) is 0 Å². The summed E-state index contributed by atoms with van der Waals surface area (Å²) in [4.78, 5) is 41.0. The van der Waals surface area contributed by atoms with E-state index in [1.165, 1.54) is 29.0 Å². The predicted molar refractivity (Wildman–Crippen MR) is 108 cm³/mol. The zero-order valence-corrected chi connectivity index (χ0v) is 16.6. The molecule has 0 saturated heterocycles. The number of esters is 1. The Labute approximate surface area is 167 Å². The number of nitrogens with one attached hydrogen (secondary N) is 1. The van der Waals surface area contributed by atoms with Crippen molar-refractivity contribution in [3.63, 3.8) is 0 Å². The van der Waals surface area contributed by atoms with Gasteiger partial charge in [-0.3, -0.25) is 14.2 Å². The van der Waals surface area contributed by atoms with E-state index >= 15 is 0 Å². The molecule has 3 rings (SSSR count). The van der Waals surface area contributed by atoms with E-state index in [0.29, 0.717) is 5.56 Å². The van der Waals surface area contributed by atoms with Crippen LogP contribution in [0.4, 0.5) is 11.5 Å². The van der Waals surface area contributed by atoms with Crippen molar-refractivity contribution in [2.45, 2.75) is 51.8 Å². The van der Waals surface area contributed by atoms with Gasteiger partial charge in [-0.25, -0.2) is 9.78 Å². The maximum atomic E-state index is 13.0. The predicted octanol–water partition coefficient (Wildman–Crippen LogP) is 2.11. The van der Waals surface area contributed by atoms with E-state index in [1.54, 1.807) is 20.8 Å². The van der Waals surface area contributed by atoms with Crippen LogP contribution in [-0.2, 0) is 16.1 Å². The average Bonchev–Trinajstić information content (AvgIpc) is 3.40. The number of carbonyl (C=O) groups is 2. The topological polar surface area (TPSA) is 137 Å². The molecular formula is C20H24N4O5. The minimum Gasteiger partial charge on any atom is -0.478 e. The van der Waals surface area contributed by atoms with Crippen LogP contribution in [-0.4, -0.2) is 38.2 Å². The second-order valence-corrected chi connectivity index (χ2v) is 8.04. The molecule has 1 aliphatic rings. The first-order chi connectivity index (χ1) is 13.5. The lowest BCUT2D eigenvalue weighted by Gasteiger charge is -2.21. The molecule has 0 atom stereocenters. The summed E-state index contributed by atoms with van der Waals surface area (Å²) < 4.78 is 6.58. The number of hydrogen-bond acceptors (Lipinski definition) is 7. The fourth-order valence-electron chi connectivity index (χ4n) is 2.82. The number of aromatic nitrogens is 2. The Morgan fingerprint density at radius 2 is 2.00 bits per heavy atom. The molecule has 9 heteroatoms. The summed E-state index contributed by atoms with van der Waals surface area (Å²) in [7, 11) is 0. The van der Waals surface area contributed by atoms with Crippen LogP contribution in [0.1, 0.15) is 44.0 Å². The van der Waals surface area contributed by atoms with Gasteiger partial charge in [0, 0.05) is 17.3 Å². The lowest BCUT2D eigenvalue weighted by Crippen LogP contribution is -2.33. The Morgan fingerprint density at radius 1 is 1.31 bits per heavy atom. The number of carboxylic acid groups (broad SMARTS) is 1. The summed E-state index contributed by atoms with van der Waals surface area (Å²) in [5.74, 6) is -1.60. The first kappa shape index (κ1) is 20.4. The summed E-state index contributed by atoms with van der Waals surface area (Å²) in [6.07, 6.45) is 3.33. The van der Waals surface area contributed by atoms with Gasteiger partial charge >= 0.3 is 11.9 Å². The number of aromatic carboxylic acids is 1. The third-order valence-electron chi connectivity index (χ3n) is 4.18. The molecule has 0 unspecified atom stereocenters. The van der Waals surface area contributed by atoms with E-state index in [1.807, 2.05) is 0 Å². The highest BCUT2D eigenvalue weighted by molar-refractivity contribution is 5.91. The van der Waals surface area contributed by atoms with Gasteiger partial charge in [0.2, 0.25) is 0 Å². The van der Waals surface area contributed by atoms with Crippen molar-refractivity contribution in [3.05, 3.63) is 40.3 Å². The highest BCUT2D eigenvalue weighted by atomic mass is 16.6. The van der Waals surface area contributed by atoms with Gasteiger partial charge in [0.05, 0.1) is 17.5 Å². The van der Waals surface area contributed by atoms with Crippen LogP contribution in [0.15, 0.2) is 29.2 Å². The van der Waals surface area contributed by atoms with Gasteiger partial charge < -0.3 is 20.9 Å². The number of nitrogens with two attached hydrogens (primary N) is 1. The Kier molecular flexibility index (Phi) is 5.32. The van der Waals surface area contributed by atoms with Crippen LogP contribution in [0.5, 0.6) is 0 Å². The van der Waals surface area contributed by atoms with Crippen LogP contribution >= 0.6 is 0 Å². The van der Waals surface area contributed by atoms with E-state index in [9.17, 15) is 19.5 Å². The van der Waals surface area contributed by atoms with Crippen LogP contribution in [0, 0.1) is 0 Å². The van der Waals surface area contributed by atoms with E-state index in [-0.39, 0.29) is 35.3 Å². The van der Waals surface area contributed by atoms with Crippen LogP contribution < -0.4 is 16.6 Å². The van der Waals surface area contributed by atoms with Crippen molar-refractivity contribution >= 4 is 23.4 Å². The highest BCUT2D eigenvalue weighted by Gasteiger charge is 2.25. The van der Waals surface area contributed by atoms with Crippen molar-refractivity contribution in [2.24, 2.45) is 0 Å². The summed E-state index contributed by atoms with van der Waals surface area (Å²) in [6.45, 7) is 4.86. The lowest BCUT2D eigenvalue weighted by atomic mass is 10.1. The Balaban J connectivity index is 2.08. The van der Waals surface area contributed by atoms with Crippen molar-refractivity contribution in [1.82, 2.24) is 9.55 Å². The molecule has 0 radical (unpaired) electrons. The van der Waals surface area contributed by atoms with E-state index < -0.39 is 23.1 Å².